The minimum absolute atomic E-state index is 0.0969. The van der Waals surface area contributed by atoms with Gasteiger partial charge >= 0.3 is 0 Å². The van der Waals surface area contributed by atoms with Gasteiger partial charge in [0.05, 0.1) is 25.4 Å². The van der Waals surface area contributed by atoms with Crippen LogP contribution in [0.5, 0.6) is 0 Å². The van der Waals surface area contributed by atoms with Gasteiger partial charge in [-0.15, -0.1) is 0 Å². The van der Waals surface area contributed by atoms with E-state index in [0.29, 0.717) is 19.7 Å². The molecule has 0 aliphatic carbocycles. The van der Waals surface area contributed by atoms with Crippen LogP contribution in [0.1, 0.15) is 13.8 Å². The standard InChI is InChI=1S/C9H20N2O3/c1-9(2)13-5-7(11-4-3-10)8(12)6-14-9/h7-8,11-12H,3-6,10H2,1-2H3. The SMILES string of the molecule is CC1(C)OCC(O)C(NCCN)CO1. The van der Waals surface area contributed by atoms with Crippen LogP contribution in [0.3, 0.4) is 0 Å². The highest BCUT2D eigenvalue weighted by Gasteiger charge is 2.30. The van der Waals surface area contributed by atoms with Gasteiger partial charge in [-0.2, -0.15) is 0 Å². The van der Waals surface area contributed by atoms with E-state index in [1.807, 2.05) is 13.8 Å². The molecule has 0 aromatic carbocycles. The highest BCUT2D eigenvalue weighted by molar-refractivity contribution is 4.79. The second-order valence-corrected chi connectivity index (χ2v) is 3.94. The van der Waals surface area contributed by atoms with Gasteiger partial charge in [-0.05, 0) is 13.8 Å². The second kappa shape index (κ2) is 5.04. The van der Waals surface area contributed by atoms with Gasteiger partial charge in [0.25, 0.3) is 0 Å². The molecular formula is C9H20N2O3. The number of nitrogens with two attached hydrogens (primary N) is 1. The van der Waals surface area contributed by atoms with Crippen LogP contribution in [-0.4, -0.2) is 49.3 Å². The summed E-state index contributed by atoms with van der Waals surface area (Å²) in [5.74, 6) is -0.611. The normalized spacial score (nSPS) is 32.6. The van der Waals surface area contributed by atoms with E-state index < -0.39 is 11.9 Å². The molecular weight excluding hydrogens is 184 g/mol. The van der Waals surface area contributed by atoms with Gasteiger partial charge in [0.2, 0.25) is 0 Å². The Morgan fingerprint density at radius 1 is 1.43 bits per heavy atom. The van der Waals surface area contributed by atoms with Crippen molar-refractivity contribution in [3.8, 4) is 0 Å². The first kappa shape index (κ1) is 11.9. The van der Waals surface area contributed by atoms with Gasteiger partial charge < -0.3 is 25.6 Å². The molecule has 14 heavy (non-hydrogen) atoms. The highest BCUT2D eigenvalue weighted by Crippen LogP contribution is 2.17. The summed E-state index contributed by atoms with van der Waals surface area (Å²) < 4.78 is 10.9. The van der Waals surface area contributed by atoms with Crippen molar-refractivity contribution >= 4 is 0 Å². The molecule has 0 radical (unpaired) electrons. The Morgan fingerprint density at radius 3 is 2.71 bits per heavy atom. The molecule has 1 aliphatic heterocycles. The topological polar surface area (TPSA) is 76.7 Å². The van der Waals surface area contributed by atoms with E-state index in [1.165, 1.54) is 0 Å². The number of hydrogen-bond acceptors (Lipinski definition) is 5. The van der Waals surface area contributed by atoms with Crippen molar-refractivity contribution in [2.24, 2.45) is 5.73 Å². The van der Waals surface area contributed by atoms with E-state index >= 15 is 0 Å². The van der Waals surface area contributed by atoms with E-state index in [1.54, 1.807) is 0 Å². The molecule has 0 saturated carbocycles. The molecule has 0 spiro atoms. The molecule has 84 valence electrons. The van der Waals surface area contributed by atoms with E-state index in [2.05, 4.69) is 5.32 Å². The first-order valence-electron chi connectivity index (χ1n) is 4.94. The van der Waals surface area contributed by atoms with Crippen LogP contribution in [-0.2, 0) is 9.47 Å². The van der Waals surface area contributed by atoms with E-state index in [4.69, 9.17) is 15.2 Å². The molecule has 0 aromatic rings. The van der Waals surface area contributed by atoms with Gasteiger partial charge in [0.1, 0.15) is 0 Å². The lowest BCUT2D eigenvalue weighted by atomic mass is 10.2. The Kier molecular flexibility index (Phi) is 4.28. The summed E-state index contributed by atoms with van der Waals surface area (Å²) in [5.41, 5.74) is 5.37. The average Bonchev–Trinajstić information content (AvgIpc) is 2.25. The Bertz CT molecular complexity index is 175. The molecule has 2 unspecified atom stereocenters. The van der Waals surface area contributed by atoms with Crippen LogP contribution in [0.4, 0.5) is 0 Å². The lowest BCUT2D eigenvalue weighted by molar-refractivity contribution is -0.203. The monoisotopic (exact) mass is 204 g/mol. The molecule has 0 amide bonds. The van der Waals surface area contributed by atoms with Gasteiger partial charge in [-0.1, -0.05) is 0 Å². The number of rotatable bonds is 3. The van der Waals surface area contributed by atoms with Crippen molar-refractivity contribution in [3.05, 3.63) is 0 Å². The van der Waals surface area contributed by atoms with Crippen molar-refractivity contribution in [2.45, 2.75) is 31.8 Å². The molecule has 1 aliphatic rings. The molecule has 1 heterocycles. The van der Waals surface area contributed by atoms with Crippen LogP contribution < -0.4 is 11.1 Å². The Labute approximate surface area is 84.6 Å². The summed E-state index contributed by atoms with van der Waals surface area (Å²) in [6.07, 6.45) is -0.539. The van der Waals surface area contributed by atoms with Crippen LogP contribution in [0.15, 0.2) is 0 Å². The zero-order valence-corrected chi connectivity index (χ0v) is 8.82. The summed E-state index contributed by atoms with van der Waals surface area (Å²) in [6.45, 7) is 5.62. The number of nitrogens with one attached hydrogen (secondary N) is 1. The number of aliphatic hydroxyl groups excluding tert-OH is 1. The highest BCUT2D eigenvalue weighted by atomic mass is 16.7. The molecule has 1 rings (SSSR count). The maximum Gasteiger partial charge on any atom is 0.162 e. The molecule has 0 bridgehead atoms. The Morgan fingerprint density at radius 2 is 2.07 bits per heavy atom. The largest absolute Gasteiger partial charge is 0.389 e. The fourth-order valence-electron chi connectivity index (χ4n) is 1.31. The minimum atomic E-state index is -0.611. The first-order chi connectivity index (χ1) is 6.55. The van der Waals surface area contributed by atoms with Crippen LogP contribution >= 0.6 is 0 Å². The Hall–Kier alpha value is -0.200. The fraction of sp³-hybridized carbons (Fsp3) is 1.00. The molecule has 1 saturated heterocycles. The molecule has 5 nitrogen and oxygen atoms in total. The van der Waals surface area contributed by atoms with Crippen molar-refractivity contribution in [1.82, 2.24) is 5.32 Å². The first-order valence-corrected chi connectivity index (χ1v) is 4.94. The molecule has 4 N–H and O–H groups in total. The number of aliphatic hydroxyl groups is 1. The predicted molar refractivity (Wildman–Crippen MR) is 52.8 cm³/mol. The van der Waals surface area contributed by atoms with Crippen molar-refractivity contribution in [3.63, 3.8) is 0 Å². The third kappa shape index (κ3) is 3.51. The van der Waals surface area contributed by atoms with Crippen molar-refractivity contribution < 1.29 is 14.6 Å². The molecule has 0 aromatic heterocycles. The summed E-state index contributed by atoms with van der Waals surface area (Å²) in [5, 5.41) is 12.8. The summed E-state index contributed by atoms with van der Waals surface area (Å²) in [7, 11) is 0. The van der Waals surface area contributed by atoms with Crippen LogP contribution in [0.2, 0.25) is 0 Å². The van der Waals surface area contributed by atoms with Gasteiger partial charge in [0, 0.05) is 13.1 Å². The van der Waals surface area contributed by atoms with Crippen LogP contribution in [0.25, 0.3) is 0 Å². The van der Waals surface area contributed by atoms with E-state index in [0.717, 1.165) is 0 Å². The van der Waals surface area contributed by atoms with Crippen molar-refractivity contribution in [1.29, 1.82) is 0 Å². The molecule has 5 heteroatoms. The molecule has 2 atom stereocenters. The quantitative estimate of drug-likeness (QED) is 0.552. The van der Waals surface area contributed by atoms with E-state index in [9.17, 15) is 5.11 Å². The predicted octanol–water partition coefficient (Wildman–Crippen LogP) is -0.953. The Balaban J connectivity index is 2.43. The lowest BCUT2D eigenvalue weighted by Gasteiger charge is -2.22. The average molecular weight is 204 g/mol. The van der Waals surface area contributed by atoms with Crippen LogP contribution in [0, 0.1) is 0 Å². The molecule has 1 fully saturated rings. The zero-order valence-electron chi connectivity index (χ0n) is 8.82. The third-order valence-electron chi connectivity index (χ3n) is 2.23. The summed E-state index contributed by atoms with van der Waals surface area (Å²) in [4.78, 5) is 0. The maximum atomic E-state index is 9.70. The number of hydrogen-bond donors (Lipinski definition) is 3. The minimum Gasteiger partial charge on any atom is -0.389 e. The third-order valence-corrected chi connectivity index (χ3v) is 2.23. The smallest absolute Gasteiger partial charge is 0.162 e. The fourth-order valence-corrected chi connectivity index (χ4v) is 1.31. The zero-order chi connectivity index (χ0) is 10.6. The second-order valence-electron chi connectivity index (χ2n) is 3.94. The number of ether oxygens (including phenoxy) is 2. The van der Waals surface area contributed by atoms with Gasteiger partial charge in [-0.25, -0.2) is 0 Å². The van der Waals surface area contributed by atoms with Gasteiger partial charge in [-0.3, -0.25) is 0 Å². The van der Waals surface area contributed by atoms with Crippen molar-refractivity contribution in [2.75, 3.05) is 26.3 Å². The lowest BCUT2D eigenvalue weighted by Crippen LogP contribution is -2.45. The summed E-state index contributed by atoms with van der Waals surface area (Å²) >= 11 is 0. The summed E-state index contributed by atoms with van der Waals surface area (Å²) in [6, 6.07) is -0.0969. The maximum absolute atomic E-state index is 9.70. The van der Waals surface area contributed by atoms with E-state index in [-0.39, 0.29) is 12.6 Å². The van der Waals surface area contributed by atoms with Gasteiger partial charge in [0.15, 0.2) is 5.79 Å².